The molecule has 1 heterocycles. The number of alkyl halides is 24. The van der Waals surface area contributed by atoms with Crippen LogP contribution in [-0.2, 0) is 97.9 Å². The monoisotopic (exact) mass is 1720 g/mol. The largest absolute Gasteiger partial charge is 2.00 e. The number of benzene rings is 7. The first-order chi connectivity index (χ1) is 47.5. The second-order valence-corrected chi connectivity index (χ2v) is 25.3. The third kappa shape index (κ3) is 22.2. The molecule has 7 aromatic carbocycles. The van der Waals surface area contributed by atoms with Gasteiger partial charge in [-0.2, -0.15) is 127 Å². The van der Waals surface area contributed by atoms with E-state index in [9.17, 15) is 105 Å². The zero-order valence-electron chi connectivity index (χ0n) is 53.5. The minimum atomic E-state index is -6.13. The van der Waals surface area contributed by atoms with E-state index in [4.69, 9.17) is 14.5 Å². The number of ether oxygens (including phenoxy) is 2. The molecule has 0 saturated heterocycles. The molecule has 0 aromatic heterocycles. The van der Waals surface area contributed by atoms with Crippen molar-refractivity contribution >= 4 is 52.4 Å². The number of fused-ring (bicyclic) bond motifs is 1. The summed E-state index contributed by atoms with van der Waals surface area (Å²) in [6.07, 6.45) is -24.2. The van der Waals surface area contributed by atoms with Crippen molar-refractivity contribution in [2.24, 2.45) is 4.99 Å². The number of halogens is 24. The molecule has 3 aliphatic carbocycles. The van der Waals surface area contributed by atoms with Gasteiger partial charge < -0.3 is 9.47 Å². The summed E-state index contributed by atoms with van der Waals surface area (Å²) in [7, 11) is 1.02. The Labute approximate surface area is 609 Å². The van der Waals surface area contributed by atoms with E-state index in [2.05, 4.69) is 113 Å². The Morgan fingerprint density at radius 3 is 0.971 bits per heavy atom. The molecular weight excluding hydrogens is 1670 g/mol. The van der Waals surface area contributed by atoms with Gasteiger partial charge >= 0.3 is 66.5 Å². The summed E-state index contributed by atoms with van der Waals surface area (Å²) in [4.78, 5) is 5.01. The molecule has 7 aromatic rings. The average molecular weight is 1720 g/mol. The van der Waals surface area contributed by atoms with Crippen molar-refractivity contribution in [2.45, 2.75) is 94.7 Å². The van der Waals surface area contributed by atoms with E-state index in [0.717, 1.165) is 16.9 Å². The maximum absolute atomic E-state index is 14.2. The van der Waals surface area contributed by atoms with E-state index in [1.807, 2.05) is 50.3 Å². The molecule has 555 valence electrons. The summed E-state index contributed by atoms with van der Waals surface area (Å²) >= 11 is 0. The topological polar surface area (TPSA) is 30.8 Å². The molecule has 3 fully saturated rings. The van der Waals surface area contributed by atoms with Crippen molar-refractivity contribution in [3.63, 3.8) is 0 Å². The van der Waals surface area contributed by atoms with E-state index in [1.54, 1.807) is 7.11 Å². The van der Waals surface area contributed by atoms with Crippen molar-refractivity contribution in [2.75, 3.05) is 7.11 Å². The van der Waals surface area contributed by atoms with E-state index < -0.39 is 203 Å². The Hall–Kier alpha value is -6.21. The average Bonchev–Trinajstić information content (AvgIpc) is 0.854. The van der Waals surface area contributed by atoms with Crippen LogP contribution in [0.1, 0.15) is 88.2 Å². The predicted molar refractivity (Wildman–Crippen MR) is 339 cm³/mol. The SMILES string of the molecule is COc1ccc2c(c1)COC2=N[C@H](C)[C]1[CH][CH][CH][C]1P(c1ccccc1)c1ccccc1.FC(F)(F)c1cc([B-](c2cc(C(F)(F)F)cc(C(F)(F)F)c2)(c2cc(C(F)(F)F)cc(C(F)(F)F)c2)c2cc(C(F)(F)F)cc(C(F)(F)F)c2)cc(C(F)(F)F)c1.[CH]1[CH]CC[CH][CH]CC1.[CH]1[CH][CH][CH][CH]1.[Fe+2].[Ir]. The minimum absolute atomic E-state index is 0. The molecule has 3 nitrogen and oxygen atoms in total. The number of nitrogens with zero attached hydrogens (tertiary/aromatic N) is 1. The fourth-order valence-electron chi connectivity index (χ4n) is 11.4. The van der Waals surface area contributed by atoms with Crippen LogP contribution in [0.5, 0.6) is 5.75 Å². The summed E-state index contributed by atoms with van der Waals surface area (Å²) in [6.45, 7) is 2.69. The van der Waals surface area contributed by atoms with Crippen molar-refractivity contribution in [3.8, 4) is 5.75 Å². The molecule has 31 heteroatoms. The predicted octanol–water partition coefficient (Wildman–Crippen LogP) is 19.8. The number of methoxy groups -OCH3 is 1. The van der Waals surface area contributed by atoms with E-state index in [-0.39, 0.29) is 43.2 Å². The van der Waals surface area contributed by atoms with Gasteiger partial charge in [0.05, 0.1) is 57.7 Å². The summed E-state index contributed by atoms with van der Waals surface area (Å²) in [5, 5.41) is 2.69. The smallest absolute Gasteiger partial charge is 0.497 e. The van der Waals surface area contributed by atoms with Gasteiger partial charge in [-0.05, 0) is 171 Å². The zero-order valence-corrected chi connectivity index (χ0v) is 57.9. The molecule has 0 N–H and O–H groups in total. The molecule has 0 amide bonds. The third-order valence-electron chi connectivity index (χ3n) is 16.1. The molecule has 0 bridgehead atoms. The van der Waals surface area contributed by atoms with Crippen molar-refractivity contribution in [1.82, 2.24) is 0 Å². The molecule has 3 saturated carbocycles. The number of aliphatic imine (C=N–C) groups is 1. The van der Waals surface area contributed by atoms with Crippen LogP contribution in [0.2, 0.25) is 0 Å². The van der Waals surface area contributed by atoms with E-state index in [1.165, 1.54) is 47.9 Å². The van der Waals surface area contributed by atoms with Crippen LogP contribution in [-0.4, -0.2) is 25.2 Å². The molecule has 0 unspecified atom stereocenters. The standard InChI is InChI=1S/C32H12BF24.C28H25NO2P.C8H12.C5H5.Fe.Ir/c34-25(35,36)13-1-14(26(37,38)39)6-21(5-13)33(22-7-15(27(40,41)42)2-16(8-22)28(43,44)45,23-9-17(29(46,47)48)3-18(10-23)30(49,50)51)24-11-19(31(52,53)54)4-20(12-24)32(55,56)57;1-20(29-28-26-17-16-22(30-2)18-21(26)19-31-28)25-14-9-15-27(25)32(23-10-5-3-6-11-23)24-12-7-4-8-13-24;1-2-4-6-8-7-5-3-1;1-2-4-5-3-1;;/h1-12H;3-18,20H,19H2,1-2H3;1-2,7-8H,3-6H2;1-5H;;/q-1;;;;+2;/t;20-;;;;/m.1..../s1. The molecule has 0 spiro atoms. The van der Waals surface area contributed by atoms with Crippen LogP contribution in [0, 0.1) is 88.6 Å². The van der Waals surface area contributed by atoms with Crippen LogP contribution in [0.15, 0.2) is 157 Å². The normalized spacial score (nSPS) is 16.6. The first-order valence-corrected chi connectivity index (χ1v) is 31.7. The second-order valence-electron chi connectivity index (χ2n) is 23.1. The Bertz CT molecular complexity index is 3450. The van der Waals surface area contributed by atoms with Crippen LogP contribution >= 0.6 is 7.92 Å². The van der Waals surface area contributed by atoms with Crippen molar-refractivity contribution in [1.29, 1.82) is 0 Å². The molecule has 4 aliphatic rings. The van der Waals surface area contributed by atoms with Gasteiger partial charge in [0.25, 0.3) is 0 Å². The quantitative estimate of drug-likeness (QED) is 0.0776. The number of rotatable bonds is 10. The van der Waals surface area contributed by atoms with Crippen LogP contribution in [0.25, 0.3) is 0 Å². The molecule has 1 atom stereocenters. The van der Waals surface area contributed by atoms with Crippen LogP contribution < -0.4 is 37.2 Å². The van der Waals surface area contributed by atoms with Crippen LogP contribution in [0.4, 0.5) is 105 Å². The van der Waals surface area contributed by atoms with Gasteiger partial charge in [-0.25, -0.2) is 4.99 Å². The maximum Gasteiger partial charge on any atom is 2.00 e. The van der Waals surface area contributed by atoms with Gasteiger partial charge in [0, 0.05) is 42.8 Å². The molecule has 15 radical (unpaired) electrons. The number of hydrogen-bond donors (Lipinski definition) is 0. The fourth-order valence-corrected chi connectivity index (χ4v) is 14.0. The van der Waals surface area contributed by atoms with Crippen molar-refractivity contribution < 1.29 is 152 Å². The summed E-state index contributed by atoms with van der Waals surface area (Å²) in [5.41, 5.74) is -26.7. The third-order valence-corrected chi connectivity index (χ3v) is 18.6. The zero-order chi connectivity index (χ0) is 75.0. The summed E-state index contributed by atoms with van der Waals surface area (Å²) < 4.78 is 352. The number of hydrogen-bond acceptors (Lipinski definition) is 3. The maximum atomic E-state index is 14.2. The van der Waals surface area contributed by atoms with E-state index >= 15 is 0 Å². The Morgan fingerprint density at radius 1 is 0.394 bits per heavy atom. The van der Waals surface area contributed by atoms with Gasteiger partial charge in [0.2, 0.25) is 5.90 Å². The molecular formula is C73H54BF24FeIrNO2P+. The van der Waals surface area contributed by atoms with Gasteiger partial charge in [-0.3, -0.25) is 0 Å². The van der Waals surface area contributed by atoms with Gasteiger partial charge in [-0.15, -0.1) is 0 Å². The Balaban J connectivity index is 0.000000297. The van der Waals surface area contributed by atoms with E-state index in [0.29, 0.717) is 12.5 Å². The van der Waals surface area contributed by atoms with Crippen molar-refractivity contribution in [3.05, 3.63) is 296 Å². The molecule has 11 rings (SSSR count). The Kier molecular flexibility index (Phi) is 29.4. The first kappa shape index (κ1) is 86.7. The Morgan fingerprint density at radius 2 is 0.692 bits per heavy atom. The van der Waals surface area contributed by atoms with Crippen LogP contribution in [0.3, 0.4) is 0 Å². The first-order valence-electron chi connectivity index (χ1n) is 30.4. The van der Waals surface area contributed by atoms with Gasteiger partial charge in [0.15, 0.2) is 0 Å². The molecule has 1 aliphatic heterocycles. The summed E-state index contributed by atoms with van der Waals surface area (Å²) in [5.74, 6) is 2.81. The minimum Gasteiger partial charge on any atom is -0.497 e. The second kappa shape index (κ2) is 35.2. The fraction of sp³-hybridized carbons (Fsp3) is 0.219. The molecule has 104 heavy (non-hydrogen) atoms. The summed E-state index contributed by atoms with van der Waals surface area (Å²) in [6, 6.07) is 18.8. The van der Waals surface area contributed by atoms with Gasteiger partial charge in [0.1, 0.15) is 18.5 Å². The van der Waals surface area contributed by atoms with Gasteiger partial charge in [-0.1, -0.05) is 109 Å².